The summed E-state index contributed by atoms with van der Waals surface area (Å²) in [5.74, 6) is 0.661. The number of fused-ring (bicyclic) bond motifs is 1. The van der Waals surface area contributed by atoms with Gasteiger partial charge in [-0.1, -0.05) is 6.92 Å². The molecule has 0 radical (unpaired) electrons. The molecule has 28 heavy (non-hydrogen) atoms. The molecule has 2 aromatic rings. The average molecular weight is 404 g/mol. The van der Waals surface area contributed by atoms with E-state index in [1.54, 1.807) is 9.47 Å². The highest BCUT2D eigenvalue weighted by Crippen LogP contribution is 2.41. The Hall–Kier alpha value is -2.13. The summed E-state index contributed by atoms with van der Waals surface area (Å²) in [5.41, 5.74) is 0.511. The van der Waals surface area contributed by atoms with Gasteiger partial charge >= 0.3 is 11.7 Å². The Kier molecular flexibility index (Phi) is 4.13. The number of nitrogens with one attached hydrogen (secondary N) is 1. The molecule has 8 nitrogen and oxygen atoms in total. The molecular weight excluding hydrogens is 380 g/mol. The predicted molar refractivity (Wildman–Crippen MR) is 106 cm³/mol. The van der Waals surface area contributed by atoms with Crippen molar-refractivity contribution in [2.75, 3.05) is 26.3 Å². The molecule has 5 rings (SSSR count). The number of nitrogens with zero attached hydrogens (tertiary/aromatic N) is 3. The number of amides is 2. The van der Waals surface area contributed by atoms with E-state index >= 15 is 0 Å². The third-order valence-corrected chi connectivity index (χ3v) is 7.47. The molecule has 2 aromatic heterocycles. The second-order valence-electron chi connectivity index (χ2n) is 8.24. The van der Waals surface area contributed by atoms with Gasteiger partial charge in [-0.3, -0.25) is 13.9 Å². The van der Waals surface area contributed by atoms with Gasteiger partial charge in [0.15, 0.2) is 0 Å². The summed E-state index contributed by atoms with van der Waals surface area (Å²) in [4.78, 5) is 41.9. The summed E-state index contributed by atoms with van der Waals surface area (Å²) in [7, 11) is 0. The maximum absolute atomic E-state index is 13.3. The van der Waals surface area contributed by atoms with E-state index in [1.165, 1.54) is 15.9 Å². The third kappa shape index (κ3) is 2.71. The van der Waals surface area contributed by atoms with Crippen molar-refractivity contribution in [3.05, 3.63) is 31.3 Å². The standard InChI is InChI=1S/C19H24N4O4S/c1-10-5-13(10)23-16(24)15-11(2)14(7-21-4-3-20-18(21)25)28-17(15)22(19(23)26)6-12-8-27-9-12/h10,12-13H,3-9H2,1-2H3,(H,20,25)/t10-,13-/m0/s1. The quantitative estimate of drug-likeness (QED) is 0.814. The Bertz CT molecular complexity index is 1080. The van der Waals surface area contributed by atoms with E-state index in [0.29, 0.717) is 56.6 Å². The third-order valence-electron chi connectivity index (χ3n) is 6.17. The van der Waals surface area contributed by atoms with Gasteiger partial charge in [0.05, 0.1) is 25.1 Å². The number of aryl methyl sites for hydroxylation is 1. The summed E-state index contributed by atoms with van der Waals surface area (Å²) in [5, 5.41) is 3.45. The maximum atomic E-state index is 13.3. The van der Waals surface area contributed by atoms with Crippen LogP contribution in [0.2, 0.25) is 0 Å². The lowest BCUT2D eigenvalue weighted by atomic mass is 10.1. The molecule has 3 fully saturated rings. The van der Waals surface area contributed by atoms with Crippen LogP contribution in [-0.4, -0.2) is 46.4 Å². The fourth-order valence-corrected chi connectivity index (χ4v) is 5.47. The minimum Gasteiger partial charge on any atom is -0.381 e. The second-order valence-corrected chi connectivity index (χ2v) is 9.32. The molecule has 0 unspecified atom stereocenters. The molecule has 2 amide bonds. The van der Waals surface area contributed by atoms with E-state index in [9.17, 15) is 14.4 Å². The van der Waals surface area contributed by atoms with E-state index in [4.69, 9.17) is 4.74 Å². The second kappa shape index (κ2) is 6.45. The Morgan fingerprint density at radius 2 is 2.00 bits per heavy atom. The summed E-state index contributed by atoms with van der Waals surface area (Å²) in [6, 6.07) is -0.0783. The summed E-state index contributed by atoms with van der Waals surface area (Å²) in [6.45, 7) is 7.64. The molecule has 1 aliphatic carbocycles. The number of carbonyl (C=O) groups excluding carboxylic acids is 1. The number of ether oxygens (including phenoxy) is 1. The van der Waals surface area contributed by atoms with Crippen molar-refractivity contribution in [3.63, 3.8) is 0 Å². The lowest BCUT2D eigenvalue weighted by molar-refractivity contribution is -0.0394. The van der Waals surface area contributed by atoms with Gasteiger partial charge in [0, 0.05) is 36.5 Å². The Morgan fingerprint density at radius 3 is 2.57 bits per heavy atom. The number of hydrogen-bond donors (Lipinski definition) is 1. The fourth-order valence-electron chi connectivity index (χ4n) is 4.16. The molecule has 0 aromatic carbocycles. The van der Waals surface area contributed by atoms with Crippen molar-refractivity contribution in [2.45, 2.75) is 39.4 Å². The normalized spacial score (nSPS) is 24.6. The molecule has 1 N–H and O–H groups in total. The van der Waals surface area contributed by atoms with Crippen LogP contribution in [0.1, 0.15) is 29.8 Å². The van der Waals surface area contributed by atoms with Gasteiger partial charge in [-0.2, -0.15) is 0 Å². The molecule has 2 aliphatic heterocycles. The lowest BCUT2D eigenvalue weighted by Gasteiger charge is -2.27. The highest BCUT2D eigenvalue weighted by atomic mass is 32.1. The minimum atomic E-state index is -0.203. The number of carbonyl (C=O) groups is 1. The predicted octanol–water partition coefficient (Wildman–Crippen LogP) is 1.29. The SMILES string of the molecule is Cc1c(CN2CCNC2=O)sc2c1c(=O)n([C@H]1C[C@@H]1C)c(=O)n2CC1COC1. The van der Waals surface area contributed by atoms with Gasteiger partial charge in [0.1, 0.15) is 4.83 Å². The van der Waals surface area contributed by atoms with Crippen molar-refractivity contribution in [1.29, 1.82) is 0 Å². The fraction of sp³-hybridized carbons (Fsp3) is 0.632. The Morgan fingerprint density at radius 1 is 1.25 bits per heavy atom. The molecule has 9 heteroatoms. The average Bonchev–Trinajstić information content (AvgIpc) is 3.03. The van der Waals surface area contributed by atoms with E-state index in [-0.39, 0.29) is 23.3 Å². The van der Waals surface area contributed by atoms with Crippen LogP contribution in [0.15, 0.2) is 9.59 Å². The molecular formula is C19H24N4O4S. The zero-order valence-electron chi connectivity index (χ0n) is 16.1. The first kappa shape index (κ1) is 17.9. The smallest absolute Gasteiger partial charge is 0.332 e. The van der Waals surface area contributed by atoms with E-state index < -0.39 is 0 Å². The van der Waals surface area contributed by atoms with Gasteiger partial charge in [-0.05, 0) is 24.8 Å². The lowest BCUT2D eigenvalue weighted by Crippen LogP contribution is -2.43. The molecule has 2 saturated heterocycles. The van der Waals surface area contributed by atoms with Crippen LogP contribution >= 0.6 is 11.3 Å². The zero-order valence-corrected chi connectivity index (χ0v) is 16.9. The van der Waals surface area contributed by atoms with Crippen LogP contribution in [0.5, 0.6) is 0 Å². The number of aromatic nitrogens is 2. The Balaban J connectivity index is 1.66. The first-order valence-electron chi connectivity index (χ1n) is 9.83. The van der Waals surface area contributed by atoms with Crippen molar-refractivity contribution < 1.29 is 9.53 Å². The maximum Gasteiger partial charge on any atom is 0.332 e. The van der Waals surface area contributed by atoms with Crippen LogP contribution in [0.4, 0.5) is 4.79 Å². The van der Waals surface area contributed by atoms with Gasteiger partial charge in [0.25, 0.3) is 5.56 Å². The van der Waals surface area contributed by atoms with E-state index in [1.807, 2.05) is 6.92 Å². The molecule has 1 saturated carbocycles. The number of urea groups is 1. The molecule has 3 aliphatic rings. The highest BCUT2D eigenvalue weighted by Gasteiger charge is 2.38. The van der Waals surface area contributed by atoms with Crippen molar-refractivity contribution in [2.24, 2.45) is 11.8 Å². The first-order valence-corrected chi connectivity index (χ1v) is 10.6. The highest BCUT2D eigenvalue weighted by molar-refractivity contribution is 7.18. The molecule has 0 bridgehead atoms. The largest absolute Gasteiger partial charge is 0.381 e. The van der Waals surface area contributed by atoms with Gasteiger partial charge in [-0.25, -0.2) is 9.59 Å². The number of hydrogen-bond acceptors (Lipinski definition) is 5. The Labute approximate surface area is 165 Å². The molecule has 150 valence electrons. The van der Waals surface area contributed by atoms with Crippen LogP contribution < -0.4 is 16.6 Å². The first-order chi connectivity index (χ1) is 13.5. The molecule has 0 spiro atoms. The van der Waals surface area contributed by atoms with Crippen molar-refractivity contribution in [3.8, 4) is 0 Å². The summed E-state index contributed by atoms with van der Waals surface area (Å²) in [6.07, 6.45) is 0.872. The number of thiophene rings is 1. The van der Waals surface area contributed by atoms with E-state index in [0.717, 1.165) is 21.7 Å². The zero-order chi connectivity index (χ0) is 19.6. The van der Waals surface area contributed by atoms with Crippen LogP contribution in [-0.2, 0) is 17.8 Å². The van der Waals surface area contributed by atoms with Gasteiger partial charge in [0.2, 0.25) is 0 Å². The topological polar surface area (TPSA) is 85.6 Å². The monoisotopic (exact) mass is 404 g/mol. The summed E-state index contributed by atoms with van der Waals surface area (Å²) < 4.78 is 8.54. The van der Waals surface area contributed by atoms with Crippen molar-refractivity contribution >= 4 is 27.6 Å². The van der Waals surface area contributed by atoms with Gasteiger partial charge < -0.3 is 15.0 Å². The van der Waals surface area contributed by atoms with E-state index in [2.05, 4.69) is 12.2 Å². The number of rotatable bonds is 5. The van der Waals surface area contributed by atoms with Crippen LogP contribution in [0.25, 0.3) is 10.2 Å². The van der Waals surface area contributed by atoms with Crippen LogP contribution in [0.3, 0.4) is 0 Å². The molecule has 2 atom stereocenters. The van der Waals surface area contributed by atoms with Crippen LogP contribution in [0, 0.1) is 18.8 Å². The van der Waals surface area contributed by atoms with Gasteiger partial charge in [-0.15, -0.1) is 11.3 Å². The van der Waals surface area contributed by atoms with Crippen molar-refractivity contribution in [1.82, 2.24) is 19.4 Å². The minimum absolute atomic E-state index is 0.000371. The summed E-state index contributed by atoms with van der Waals surface area (Å²) >= 11 is 1.47. The molecule has 4 heterocycles.